The lowest BCUT2D eigenvalue weighted by Gasteiger charge is -2.11. The molecule has 0 bridgehead atoms. The summed E-state index contributed by atoms with van der Waals surface area (Å²) in [5.41, 5.74) is 8.77. The summed E-state index contributed by atoms with van der Waals surface area (Å²) >= 11 is 0. The number of nitrogens with two attached hydrogens (primary N) is 1. The monoisotopic (exact) mass is 246 g/mol. The predicted molar refractivity (Wildman–Crippen MR) is 68.8 cm³/mol. The third-order valence-electron chi connectivity index (χ3n) is 2.77. The van der Waals surface area contributed by atoms with Crippen LogP contribution in [0.3, 0.4) is 0 Å². The van der Waals surface area contributed by atoms with Crippen LogP contribution in [-0.2, 0) is 28.9 Å². The summed E-state index contributed by atoms with van der Waals surface area (Å²) in [7, 11) is 0. The van der Waals surface area contributed by atoms with Crippen LogP contribution in [0, 0.1) is 11.3 Å². The number of nitrogens with zero attached hydrogens (tertiary/aromatic N) is 1. The second-order valence-electron chi connectivity index (χ2n) is 3.93. The van der Waals surface area contributed by atoms with Crippen molar-refractivity contribution in [2.24, 2.45) is 5.73 Å². The van der Waals surface area contributed by atoms with Crippen molar-refractivity contribution < 1.29 is 9.53 Å². The Morgan fingerprint density at radius 3 is 2.67 bits per heavy atom. The summed E-state index contributed by atoms with van der Waals surface area (Å²) in [6, 6.07) is 5.83. The van der Waals surface area contributed by atoms with E-state index in [0.717, 1.165) is 23.1 Å². The number of hydrogen-bond acceptors (Lipinski definition) is 4. The Bertz CT molecular complexity index is 475. The molecule has 0 radical (unpaired) electrons. The Kier molecular flexibility index (Phi) is 5.34. The van der Waals surface area contributed by atoms with Crippen LogP contribution in [0.5, 0.6) is 0 Å². The number of rotatable bonds is 5. The Morgan fingerprint density at radius 1 is 1.44 bits per heavy atom. The van der Waals surface area contributed by atoms with Crippen molar-refractivity contribution >= 4 is 5.97 Å². The Morgan fingerprint density at radius 2 is 2.17 bits per heavy atom. The van der Waals surface area contributed by atoms with E-state index in [2.05, 4.69) is 6.07 Å². The molecule has 0 heterocycles. The first-order valence-electron chi connectivity index (χ1n) is 6.06. The minimum Gasteiger partial charge on any atom is -0.466 e. The van der Waals surface area contributed by atoms with E-state index in [4.69, 9.17) is 15.7 Å². The van der Waals surface area contributed by atoms with Crippen LogP contribution >= 0.6 is 0 Å². The molecule has 4 heteroatoms. The highest BCUT2D eigenvalue weighted by Crippen LogP contribution is 2.19. The van der Waals surface area contributed by atoms with Gasteiger partial charge in [0, 0.05) is 6.54 Å². The molecule has 1 rings (SSSR count). The minimum atomic E-state index is -0.302. The lowest BCUT2D eigenvalue weighted by atomic mass is 9.94. The first-order chi connectivity index (χ1) is 8.65. The summed E-state index contributed by atoms with van der Waals surface area (Å²) in [5, 5.41) is 9.16. The zero-order chi connectivity index (χ0) is 13.5. The third-order valence-corrected chi connectivity index (χ3v) is 2.77. The maximum Gasteiger partial charge on any atom is 0.310 e. The van der Waals surface area contributed by atoms with E-state index in [0.29, 0.717) is 18.7 Å². The fraction of sp³-hybridized carbons (Fsp3) is 0.429. The summed E-state index contributed by atoms with van der Waals surface area (Å²) in [5.74, 6) is -0.302. The molecule has 0 aliphatic heterocycles. The molecule has 0 saturated carbocycles. The van der Waals surface area contributed by atoms with Gasteiger partial charge in [-0.05, 0) is 36.1 Å². The van der Waals surface area contributed by atoms with Crippen LogP contribution in [0.25, 0.3) is 0 Å². The van der Waals surface area contributed by atoms with E-state index >= 15 is 0 Å². The molecule has 0 amide bonds. The summed E-state index contributed by atoms with van der Waals surface area (Å²) in [6.07, 6.45) is 0.905. The van der Waals surface area contributed by atoms with Gasteiger partial charge < -0.3 is 10.5 Å². The molecule has 0 fully saturated rings. The first-order valence-corrected chi connectivity index (χ1v) is 6.06. The molecule has 0 saturated heterocycles. The van der Waals surface area contributed by atoms with Gasteiger partial charge in [-0.15, -0.1) is 0 Å². The Balaban J connectivity index is 3.15. The Hall–Kier alpha value is -1.86. The molecule has 0 atom stereocenters. The van der Waals surface area contributed by atoms with Gasteiger partial charge in [-0.3, -0.25) is 4.79 Å². The van der Waals surface area contributed by atoms with E-state index < -0.39 is 0 Å². The van der Waals surface area contributed by atoms with Gasteiger partial charge in [0.2, 0.25) is 0 Å². The average Bonchev–Trinajstić information content (AvgIpc) is 2.39. The van der Waals surface area contributed by atoms with Crippen molar-refractivity contribution in [2.45, 2.75) is 33.2 Å². The van der Waals surface area contributed by atoms with Gasteiger partial charge in [0.25, 0.3) is 0 Å². The van der Waals surface area contributed by atoms with Crippen molar-refractivity contribution in [3.05, 3.63) is 34.4 Å². The minimum absolute atomic E-state index is 0.144. The SMILES string of the molecule is CCOC(=O)Cc1c(C#N)cc(CN)cc1CC. The number of carbonyl (C=O) groups excluding carboxylic acids is 1. The predicted octanol–water partition coefficient (Wildman–Crippen LogP) is 1.68. The molecular weight excluding hydrogens is 228 g/mol. The van der Waals surface area contributed by atoms with Crippen LogP contribution in [0.2, 0.25) is 0 Å². The standard InChI is InChI=1S/C14H18N2O2/c1-3-11-5-10(8-15)6-12(9-16)13(11)7-14(17)18-4-2/h5-6H,3-4,7-8,15H2,1-2H3. The second kappa shape index (κ2) is 6.77. The maximum absolute atomic E-state index is 11.5. The highest BCUT2D eigenvalue weighted by molar-refractivity contribution is 5.74. The largest absolute Gasteiger partial charge is 0.466 e. The van der Waals surface area contributed by atoms with Crippen LogP contribution in [0.4, 0.5) is 0 Å². The summed E-state index contributed by atoms with van der Waals surface area (Å²) in [6.45, 7) is 4.50. The molecule has 1 aromatic carbocycles. The van der Waals surface area contributed by atoms with E-state index in [1.165, 1.54) is 0 Å². The number of nitriles is 1. The molecule has 0 spiro atoms. The fourth-order valence-corrected chi connectivity index (χ4v) is 1.90. The number of carbonyl (C=O) groups is 1. The van der Waals surface area contributed by atoms with Crippen LogP contribution in [0.15, 0.2) is 12.1 Å². The molecule has 0 aliphatic rings. The van der Waals surface area contributed by atoms with Crippen LogP contribution in [-0.4, -0.2) is 12.6 Å². The van der Waals surface area contributed by atoms with Crippen molar-refractivity contribution in [1.29, 1.82) is 5.26 Å². The number of benzene rings is 1. The summed E-state index contributed by atoms with van der Waals surface area (Å²) < 4.78 is 4.93. The molecule has 0 aliphatic carbocycles. The smallest absolute Gasteiger partial charge is 0.310 e. The van der Waals surface area contributed by atoms with Crippen LogP contribution in [0.1, 0.15) is 36.1 Å². The van der Waals surface area contributed by atoms with Crippen molar-refractivity contribution in [3.8, 4) is 6.07 Å². The van der Waals surface area contributed by atoms with Gasteiger partial charge in [-0.1, -0.05) is 13.0 Å². The molecule has 1 aromatic rings. The van der Waals surface area contributed by atoms with Crippen molar-refractivity contribution in [3.63, 3.8) is 0 Å². The average molecular weight is 246 g/mol. The van der Waals surface area contributed by atoms with Gasteiger partial charge in [-0.25, -0.2) is 0 Å². The quantitative estimate of drug-likeness (QED) is 0.802. The molecule has 96 valence electrons. The number of hydrogen-bond donors (Lipinski definition) is 1. The van der Waals surface area contributed by atoms with Gasteiger partial charge in [0.15, 0.2) is 0 Å². The number of esters is 1. The molecule has 0 aromatic heterocycles. The molecule has 2 N–H and O–H groups in total. The second-order valence-corrected chi connectivity index (χ2v) is 3.93. The normalized spacial score (nSPS) is 9.89. The van der Waals surface area contributed by atoms with E-state index in [1.54, 1.807) is 13.0 Å². The fourth-order valence-electron chi connectivity index (χ4n) is 1.90. The third kappa shape index (κ3) is 3.31. The highest BCUT2D eigenvalue weighted by atomic mass is 16.5. The number of aryl methyl sites for hydroxylation is 1. The van der Waals surface area contributed by atoms with Gasteiger partial charge >= 0.3 is 5.97 Å². The van der Waals surface area contributed by atoms with E-state index in [1.807, 2.05) is 13.0 Å². The zero-order valence-corrected chi connectivity index (χ0v) is 10.8. The molecule has 4 nitrogen and oxygen atoms in total. The lowest BCUT2D eigenvalue weighted by Crippen LogP contribution is -2.12. The highest BCUT2D eigenvalue weighted by Gasteiger charge is 2.14. The van der Waals surface area contributed by atoms with Crippen molar-refractivity contribution in [2.75, 3.05) is 6.61 Å². The van der Waals surface area contributed by atoms with Gasteiger partial charge in [0.1, 0.15) is 0 Å². The lowest BCUT2D eigenvalue weighted by molar-refractivity contribution is -0.142. The van der Waals surface area contributed by atoms with Crippen LogP contribution < -0.4 is 5.73 Å². The number of ether oxygens (including phenoxy) is 1. The van der Waals surface area contributed by atoms with E-state index in [-0.39, 0.29) is 12.4 Å². The topological polar surface area (TPSA) is 76.1 Å². The van der Waals surface area contributed by atoms with Crippen molar-refractivity contribution in [1.82, 2.24) is 0 Å². The molecule has 18 heavy (non-hydrogen) atoms. The Labute approximate surface area is 107 Å². The van der Waals surface area contributed by atoms with Gasteiger partial charge in [0.05, 0.1) is 24.7 Å². The molecule has 0 unspecified atom stereocenters. The van der Waals surface area contributed by atoms with Gasteiger partial charge in [-0.2, -0.15) is 5.26 Å². The van der Waals surface area contributed by atoms with E-state index in [9.17, 15) is 4.79 Å². The summed E-state index contributed by atoms with van der Waals surface area (Å²) in [4.78, 5) is 11.5. The molecular formula is C14H18N2O2. The zero-order valence-electron chi connectivity index (χ0n) is 10.8. The maximum atomic E-state index is 11.5. The first kappa shape index (κ1) is 14.2.